The smallest absolute Gasteiger partial charge is 0.0674 e. The molecule has 100 valence electrons. The molecule has 0 bridgehead atoms. The fourth-order valence-corrected chi connectivity index (χ4v) is 3.52. The van der Waals surface area contributed by atoms with Crippen molar-refractivity contribution in [1.29, 1.82) is 0 Å². The van der Waals surface area contributed by atoms with E-state index in [9.17, 15) is 0 Å². The van der Waals surface area contributed by atoms with Crippen molar-refractivity contribution in [2.75, 3.05) is 26.2 Å². The van der Waals surface area contributed by atoms with Crippen molar-refractivity contribution in [3.05, 3.63) is 0 Å². The van der Waals surface area contributed by atoms with E-state index in [1.807, 2.05) is 0 Å². The lowest BCUT2D eigenvalue weighted by Gasteiger charge is -2.50. The fraction of sp³-hybridized carbons (Fsp3) is 1.00. The molecule has 0 aromatic rings. The zero-order chi connectivity index (χ0) is 12.3. The van der Waals surface area contributed by atoms with Crippen molar-refractivity contribution in [3.8, 4) is 0 Å². The van der Waals surface area contributed by atoms with Crippen molar-refractivity contribution >= 4 is 0 Å². The van der Waals surface area contributed by atoms with Crippen molar-refractivity contribution < 1.29 is 4.74 Å². The molecule has 2 fully saturated rings. The van der Waals surface area contributed by atoms with Crippen LogP contribution in [0.4, 0.5) is 0 Å². The second-order valence-electron chi connectivity index (χ2n) is 5.91. The second kappa shape index (κ2) is 5.68. The Morgan fingerprint density at radius 2 is 2.06 bits per heavy atom. The highest BCUT2D eigenvalue weighted by Gasteiger charge is 2.40. The Morgan fingerprint density at radius 3 is 2.59 bits per heavy atom. The largest absolute Gasteiger partial charge is 0.376 e. The molecule has 3 heteroatoms. The van der Waals surface area contributed by atoms with E-state index < -0.39 is 0 Å². The summed E-state index contributed by atoms with van der Waals surface area (Å²) in [7, 11) is 0. The molecular formula is C14H28N2O. The van der Waals surface area contributed by atoms with Crippen molar-refractivity contribution in [1.82, 2.24) is 4.90 Å². The van der Waals surface area contributed by atoms with Crippen LogP contribution in [0, 0.1) is 5.92 Å². The molecule has 0 spiro atoms. The number of ether oxygens (including phenoxy) is 1. The van der Waals surface area contributed by atoms with Crippen molar-refractivity contribution in [2.24, 2.45) is 11.7 Å². The zero-order valence-corrected chi connectivity index (χ0v) is 11.5. The minimum atomic E-state index is 0.281. The van der Waals surface area contributed by atoms with Crippen LogP contribution in [0.1, 0.15) is 46.0 Å². The zero-order valence-electron chi connectivity index (χ0n) is 11.5. The average molecular weight is 240 g/mol. The molecule has 2 aliphatic rings. The summed E-state index contributed by atoms with van der Waals surface area (Å²) < 4.78 is 5.65. The van der Waals surface area contributed by atoms with Gasteiger partial charge in [0.2, 0.25) is 0 Å². The van der Waals surface area contributed by atoms with Gasteiger partial charge in [-0.25, -0.2) is 0 Å². The predicted molar refractivity (Wildman–Crippen MR) is 71.0 cm³/mol. The van der Waals surface area contributed by atoms with Crippen LogP contribution in [0.5, 0.6) is 0 Å². The van der Waals surface area contributed by atoms with E-state index in [-0.39, 0.29) is 5.54 Å². The van der Waals surface area contributed by atoms with Crippen LogP contribution in [0.3, 0.4) is 0 Å². The highest BCUT2D eigenvalue weighted by atomic mass is 16.5. The molecule has 0 amide bonds. The summed E-state index contributed by atoms with van der Waals surface area (Å²) in [6.07, 6.45) is 7.00. The van der Waals surface area contributed by atoms with Gasteiger partial charge in [0.25, 0.3) is 0 Å². The summed E-state index contributed by atoms with van der Waals surface area (Å²) in [6, 6.07) is 0. The highest BCUT2D eigenvalue weighted by molar-refractivity contribution is 4.97. The molecule has 0 radical (unpaired) electrons. The lowest BCUT2D eigenvalue weighted by Crippen LogP contribution is -2.60. The first-order chi connectivity index (χ1) is 8.20. The molecule has 1 aliphatic carbocycles. The van der Waals surface area contributed by atoms with Gasteiger partial charge in [0.15, 0.2) is 0 Å². The Morgan fingerprint density at radius 1 is 1.35 bits per heavy atom. The standard InChI is InChI=1S/C14H28N2O/c1-3-13-4-6-14(11-15,7-5-13)16-8-9-17-12(2)10-16/h12-13H,3-11,15H2,1-2H3. The third-order valence-electron chi connectivity index (χ3n) is 4.91. The minimum Gasteiger partial charge on any atom is -0.376 e. The summed E-state index contributed by atoms with van der Waals surface area (Å²) in [4.78, 5) is 2.62. The monoisotopic (exact) mass is 240 g/mol. The quantitative estimate of drug-likeness (QED) is 0.820. The summed E-state index contributed by atoms with van der Waals surface area (Å²) in [5.41, 5.74) is 6.40. The van der Waals surface area contributed by atoms with E-state index in [1.54, 1.807) is 0 Å². The molecule has 1 aliphatic heterocycles. The van der Waals surface area contributed by atoms with Gasteiger partial charge in [-0.15, -0.1) is 0 Å². The Kier molecular flexibility index (Phi) is 4.45. The fourth-order valence-electron chi connectivity index (χ4n) is 3.52. The van der Waals surface area contributed by atoms with E-state index in [4.69, 9.17) is 10.5 Å². The number of hydrogen-bond acceptors (Lipinski definition) is 3. The summed E-state index contributed by atoms with van der Waals surface area (Å²) in [5.74, 6) is 0.938. The molecule has 3 nitrogen and oxygen atoms in total. The summed E-state index contributed by atoms with van der Waals surface area (Å²) in [5, 5.41) is 0. The molecule has 1 unspecified atom stereocenters. The van der Waals surface area contributed by atoms with Gasteiger partial charge in [0.05, 0.1) is 12.7 Å². The Labute approximate surface area is 106 Å². The predicted octanol–water partition coefficient (Wildman–Crippen LogP) is 2.00. The van der Waals surface area contributed by atoms with Gasteiger partial charge in [0.1, 0.15) is 0 Å². The van der Waals surface area contributed by atoms with E-state index in [0.29, 0.717) is 6.10 Å². The number of morpholine rings is 1. The van der Waals surface area contributed by atoms with Gasteiger partial charge in [-0.2, -0.15) is 0 Å². The number of hydrogen-bond donors (Lipinski definition) is 1. The second-order valence-corrected chi connectivity index (χ2v) is 5.91. The molecule has 17 heavy (non-hydrogen) atoms. The van der Waals surface area contributed by atoms with Crippen LogP contribution in [0.2, 0.25) is 0 Å². The van der Waals surface area contributed by atoms with Crippen molar-refractivity contribution in [3.63, 3.8) is 0 Å². The highest BCUT2D eigenvalue weighted by Crippen LogP contribution is 2.37. The van der Waals surface area contributed by atoms with Crippen LogP contribution in [-0.4, -0.2) is 42.8 Å². The van der Waals surface area contributed by atoms with E-state index in [1.165, 1.54) is 32.1 Å². The molecule has 1 saturated heterocycles. The molecule has 1 saturated carbocycles. The number of rotatable bonds is 3. The molecular weight excluding hydrogens is 212 g/mol. The average Bonchev–Trinajstić information content (AvgIpc) is 2.39. The van der Waals surface area contributed by atoms with Gasteiger partial charge >= 0.3 is 0 Å². The first-order valence-corrected chi connectivity index (χ1v) is 7.27. The van der Waals surface area contributed by atoms with Gasteiger partial charge in [0, 0.05) is 25.2 Å². The topological polar surface area (TPSA) is 38.5 Å². The third-order valence-corrected chi connectivity index (χ3v) is 4.91. The van der Waals surface area contributed by atoms with Gasteiger partial charge in [-0.05, 0) is 38.5 Å². The lowest BCUT2D eigenvalue weighted by molar-refractivity contribution is -0.0738. The molecule has 1 heterocycles. The molecule has 0 aromatic heterocycles. The van der Waals surface area contributed by atoms with E-state index in [0.717, 1.165) is 32.2 Å². The van der Waals surface area contributed by atoms with Gasteiger partial charge < -0.3 is 10.5 Å². The summed E-state index contributed by atoms with van der Waals surface area (Å²) in [6.45, 7) is 8.31. The summed E-state index contributed by atoms with van der Waals surface area (Å²) >= 11 is 0. The maximum absolute atomic E-state index is 6.12. The number of nitrogens with two attached hydrogens (primary N) is 1. The van der Waals surface area contributed by atoms with Crippen LogP contribution in [0.15, 0.2) is 0 Å². The number of nitrogens with zero attached hydrogens (tertiary/aromatic N) is 1. The first kappa shape index (κ1) is 13.3. The van der Waals surface area contributed by atoms with Crippen LogP contribution in [0.25, 0.3) is 0 Å². The van der Waals surface area contributed by atoms with Crippen molar-refractivity contribution in [2.45, 2.75) is 57.6 Å². The van der Waals surface area contributed by atoms with Crippen LogP contribution >= 0.6 is 0 Å². The lowest BCUT2D eigenvalue weighted by atomic mass is 9.74. The van der Waals surface area contributed by atoms with Crippen LogP contribution < -0.4 is 5.73 Å². The minimum absolute atomic E-state index is 0.281. The molecule has 0 aromatic carbocycles. The molecule has 2 N–H and O–H groups in total. The SMILES string of the molecule is CCC1CCC(CN)(N2CCOC(C)C2)CC1. The molecule has 2 rings (SSSR count). The van der Waals surface area contributed by atoms with Crippen LogP contribution in [-0.2, 0) is 4.74 Å². The van der Waals surface area contributed by atoms with Gasteiger partial charge in [-0.3, -0.25) is 4.90 Å². The molecule has 1 atom stereocenters. The third kappa shape index (κ3) is 2.83. The Bertz CT molecular complexity index is 236. The normalized spacial score (nSPS) is 40.4. The first-order valence-electron chi connectivity index (χ1n) is 7.27. The van der Waals surface area contributed by atoms with E-state index in [2.05, 4.69) is 18.7 Å². The Hall–Kier alpha value is -0.120. The Balaban J connectivity index is 1.99. The maximum Gasteiger partial charge on any atom is 0.0674 e. The maximum atomic E-state index is 6.12. The van der Waals surface area contributed by atoms with Gasteiger partial charge in [-0.1, -0.05) is 13.3 Å². The van der Waals surface area contributed by atoms with E-state index >= 15 is 0 Å².